The second-order valence-electron chi connectivity index (χ2n) is 4.76. The second-order valence-corrected chi connectivity index (χ2v) is 4.76. The summed E-state index contributed by atoms with van der Waals surface area (Å²) in [6.45, 7) is 1.41. The van der Waals surface area contributed by atoms with Crippen LogP contribution in [0.1, 0.15) is 44.9 Å². The van der Waals surface area contributed by atoms with Gasteiger partial charge in [-0.15, -0.1) is 0 Å². The van der Waals surface area contributed by atoms with Crippen LogP contribution in [0.15, 0.2) is 0 Å². The van der Waals surface area contributed by atoms with Gasteiger partial charge in [0.25, 0.3) is 0 Å². The number of unbranched alkanes of at least 4 members (excludes halogenated alkanes) is 1. The van der Waals surface area contributed by atoms with Gasteiger partial charge in [-0.3, -0.25) is 4.79 Å². The van der Waals surface area contributed by atoms with Gasteiger partial charge in [0, 0.05) is 12.8 Å². The van der Waals surface area contributed by atoms with E-state index in [4.69, 9.17) is 5.73 Å². The van der Waals surface area contributed by atoms with Crippen molar-refractivity contribution in [1.29, 1.82) is 0 Å². The number of ketones is 1. The Morgan fingerprint density at radius 1 is 1.33 bits per heavy atom. The molecule has 0 bridgehead atoms. The van der Waals surface area contributed by atoms with Crippen LogP contribution in [0.4, 0.5) is 4.39 Å². The molecule has 3 N–H and O–H groups in total. The third-order valence-corrected chi connectivity index (χ3v) is 3.14. The maximum absolute atomic E-state index is 14.4. The van der Waals surface area contributed by atoms with E-state index in [1.54, 1.807) is 0 Å². The molecule has 0 aromatic rings. The minimum absolute atomic E-state index is 0.0652. The quantitative estimate of drug-likeness (QED) is 0.535. The van der Waals surface area contributed by atoms with Crippen LogP contribution < -0.4 is 11.1 Å². The van der Waals surface area contributed by atoms with Gasteiger partial charge in [-0.1, -0.05) is 18.3 Å². The Kier molecular flexibility index (Phi) is 6.92. The van der Waals surface area contributed by atoms with Gasteiger partial charge in [0.05, 0.1) is 6.54 Å². The number of carbonyl (C=O) groups excluding carboxylic acids is 1. The third-order valence-electron chi connectivity index (χ3n) is 3.14. The first-order valence-electron chi connectivity index (χ1n) is 6.82. The minimum Gasteiger partial charge on any atom is -0.330 e. The molecular formula is C14H23FN2O. The molecule has 0 aliphatic heterocycles. The van der Waals surface area contributed by atoms with Crippen molar-refractivity contribution < 1.29 is 9.18 Å². The molecule has 3 nitrogen and oxygen atoms in total. The first kappa shape index (κ1) is 15.1. The number of alkyl halides is 1. The summed E-state index contributed by atoms with van der Waals surface area (Å²) in [7, 11) is 0. The lowest BCUT2D eigenvalue weighted by molar-refractivity contribution is -0.126. The molecule has 0 radical (unpaired) electrons. The zero-order valence-electron chi connectivity index (χ0n) is 10.9. The van der Waals surface area contributed by atoms with Gasteiger partial charge in [0.1, 0.15) is 0 Å². The predicted octanol–water partition coefficient (Wildman–Crippen LogP) is 1.56. The van der Waals surface area contributed by atoms with Crippen molar-refractivity contribution in [2.24, 2.45) is 5.73 Å². The molecule has 0 heterocycles. The lowest BCUT2D eigenvalue weighted by Gasteiger charge is -2.19. The molecule has 1 unspecified atom stereocenters. The average Bonchev–Trinajstić information content (AvgIpc) is 2.33. The fourth-order valence-electron chi connectivity index (χ4n) is 1.97. The Hall–Kier alpha value is -0.920. The molecule has 0 amide bonds. The molecule has 0 aromatic carbocycles. The molecule has 0 saturated carbocycles. The Morgan fingerprint density at radius 3 is 2.94 bits per heavy atom. The van der Waals surface area contributed by atoms with Gasteiger partial charge < -0.3 is 11.1 Å². The van der Waals surface area contributed by atoms with Crippen LogP contribution in [0.25, 0.3) is 0 Å². The Bertz CT molecular complexity index is 321. The van der Waals surface area contributed by atoms with Crippen LogP contribution >= 0.6 is 0 Å². The summed E-state index contributed by atoms with van der Waals surface area (Å²) in [5.74, 6) is 4.88. The number of rotatable bonds is 7. The maximum Gasteiger partial charge on any atom is 0.229 e. The summed E-state index contributed by atoms with van der Waals surface area (Å²) in [5.41, 5.74) is 3.44. The largest absolute Gasteiger partial charge is 0.330 e. The summed E-state index contributed by atoms with van der Waals surface area (Å²) in [5, 5.41) is 2.97. The van der Waals surface area contributed by atoms with Crippen molar-refractivity contribution in [3.05, 3.63) is 0 Å². The van der Waals surface area contributed by atoms with Gasteiger partial charge in [0.2, 0.25) is 5.67 Å². The van der Waals surface area contributed by atoms with E-state index in [0.717, 1.165) is 32.1 Å². The van der Waals surface area contributed by atoms with E-state index in [1.165, 1.54) is 0 Å². The van der Waals surface area contributed by atoms with Gasteiger partial charge in [-0.05, 0) is 38.8 Å². The van der Waals surface area contributed by atoms with Crippen molar-refractivity contribution in [2.45, 2.75) is 50.6 Å². The van der Waals surface area contributed by atoms with E-state index in [-0.39, 0.29) is 13.0 Å². The van der Waals surface area contributed by atoms with E-state index >= 15 is 0 Å². The monoisotopic (exact) mass is 254 g/mol. The van der Waals surface area contributed by atoms with E-state index < -0.39 is 11.5 Å². The topological polar surface area (TPSA) is 55.1 Å². The highest BCUT2D eigenvalue weighted by molar-refractivity contribution is 5.92. The zero-order valence-corrected chi connectivity index (χ0v) is 10.9. The lowest BCUT2D eigenvalue weighted by atomic mass is 9.91. The summed E-state index contributed by atoms with van der Waals surface area (Å²) in [6, 6.07) is 0. The van der Waals surface area contributed by atoms with Crippen molar-refractivity contribution in [3.8, 4) is 11.8 Å². The summed E-state index contributed by atoms with van der Waals surface area (Å²) in [4.78, 5) is 11.9. The molecule has 102 valence electrons. The maximum atomic E-state index is 14.4. The fraction of sp³-hybridized carbons (Fsp3) is 0.786. The van der Waals surface area contributed by atoms with Crippen LogP contribution in [0.3, 0.4) is 0 Å². The SMILES string of the molecule is NCCCCNCC(=O)C1(F)C#CCCCCC1. The molecule has 1 atom stereocenters. The molecule has 18 heavy (non-hydrogen) atoms. The molecular weight excluding hydrogens is 231 g/mol. The van der Waals surface area contributed by atoms with Gasteiger partial charge >= 0.3 is 0 Å². The second kappa shape index (κ2) is 8.23. The minimum atomic E-state index is -1.93. The number of nitrogens with one attached hydrogen (secondary N) is 1. The highest BCUT2D eigenvalue weighted by Crippen LogP contribution is 2.22. The van der Waals surface area contributed by atoms with E-state index in [2.05, 4.69) is 17.2 Å². The van der Waals surface area contributed by atoms with Crippen molar-refractivity contribution in [3.63, 3.8) is 0 Å². The molecule has 0 saturated heterocycles. The number of nitrogens with two attached hydrogens (primary N) is 1. The molecule has 1 aliphatic rings. The first-order valence-corrected chi connectivity index (χ1v) is 6.82. The van der Waals surface area contributed by atoms with Gasteiger partial charge in [-0.25, -0.2) is 4.39 Å². The number of Topliss-reactive ketones (excluding diaryl/α,β-unsaturated/α-hetero) is 1. The Morgan fingerprint density at radius 2 is 2.17 bits per heavy atom. The van der Waals surface area contributed by atoms with Crippen molar-refractivity contribution in [1.82, 2.24) is 5.32 Å². The molecule has 1 aliphatic carbocycles. The summed E-state index contributed by atoms with van der Waals surface area (Å²) in [6.07, 6.45) is 5.47. The third kappa shape index (κ3) is 5.16. The van der Waals surface area contributed by atoms with Crippen LogP contribution in [0, 0.1) is 11.8 Å². The normalized spacial score (nSPS) is 23.7. The standard InChI is InChI=1S/C14H23FN2O/c15-14(8-4-2-1-3-5-9-14)13(18)12-17-11-7-6-10-16/h17H,1-4,6-8,10-12,16H2. The highest BCUT2D eigenvalue weighted by atomic mass is 19.1. The van der Waals surface area contributed by atoms with Gasteiger partial charge in [-0.2, -0.15) is 0 Å². The first-order chi connectivity index (χ1) is 8.69. The fourth-order valence-corrected chi connectivity index (χ4v) is 1.97. The highest BCUT2D eigenvalue weighted by Gasteiger charge is 2.35. The average molecular weight is 254 g/mol. The van der Waals surface area contributed by atoms with Crippen molar-refractivity contribution in [2.75, 3.05) is 19.6 Å². The number of hydrogen-bond donors (Lipinski definition) is 2. The molecule has 1 rings (SSSR count). The van der Waals surface area contributed by atoms with Crippen LogP contribution in [0.5, 0.6) is 0 Å². The Labute approximate surface area is 109 Å². The number of hydrogen-bond acceptors (Lipinski definition) is 3. The molecule has 0 aromatic heterocycles. The van der Waals surface area contributed by atoms with E-state index in [9.17, 15) is 9.18 Å². The molecule has 4 heteroatoms. The number of carbonyl (C=O) groups is 1. The number of halogens is 1. The summed E-state index contributed by atoms with van der Waals surface area (Å²) >= 11 is 0. The smallest absolute Gasteiger partial charge is 0.229 e. The van der Waals surface area contributed by atoms with Crippen LogP contribution in [0.2, 0.25) is 0 Å². The van der Waals surface area contributed by atoms with Gasteiger partial charge in [0.15, 0.2) is 5.78 Å². The van der Waals surface area contributed by atoms with E-state index in [0.29, 0.717) is 19.5 Å². The van der Waals surface area contributed by atoms with Crippen LogP contribution in [-0.4, -0.2) is 31.1 Å². The van der Waals surface area contributed by atoms with Crippen LogP contribution in [-0.2, 0) is 4.79 Å². The van der Waals surface area contributed by atoms with E-state index in [1.807, 2.05) is 0 Å². The van der Waals surface area contributed by atoms with Crippen molar-refractivity contribution >= 4 is 5.78 Å². The summed E-state index contributed by atoms with van der Waals surface area (Å²) < 4.78 is 14.4. The zero-order chi connectivity index (χ0) is 13.3. The lowest BCUT2D eigenvalue weighted by Crippen LogP contribution is -2.40. The Balaban J connectivity index is 2.37. The molecule has 0 fully saturated rings. The predicted molar refractivity (Wildman–Crippen MR) is 70.9 cm³/mol. The molecule has 0 spiro atoms.